The van der Waals surface area contributed by atoms with Gasteiger partial charge in [0.15, 0.2) is 9.84 Å². The number of hydrogen-bond donors (Lipinski definition) is 1. The molecule has 0 amide bonds. The molecule has 0 aromatic rings. The Bertz CT molecular complexity index is 1670. The minimum Gasteiger partial charge on any atom is -0.469 e. The third-order valence-electron chi connectivity index (χ3n) is 17.6. The molecule has 296 valence electrons. The van der Waals surface area contributed by atoms with Crippen LogP contribution in [-0.2, 0) is 28.9 Å². The molecule has 0 radical (unpaired) electrons. The van der Waals surface area contributed by atoms with E-state index in [1.165, 1.54) is 76.7 Å². The monoisotopic (exact) mass is 752 g/mol. The molecule has 1 saturated heterocycles. The second kappa shape index (κ2) is 13.6. The fourth-order valence-electron chi connectivity index (χ4n) is 14.8. The van der Waals surface area contributed by atoms with E-state index < -0.39 is 21.7 Å². The van der Waals surface area contributed by atoms with Crippen LogP contribution in [0.25, 0.3) is 0 Å². The van der Waals surface area contributed by atoms with Gasteiger partial charge in [-0.1, -0.05) is 58.9 Å². The number of carbonyl (C=O) groups is 2. The Hall–Kier alpha value is -1.97. The van der Waals surface area contributed by atoms with E-state index in [1.807, 2.05) is 6.08 Å². The van der Waals surface area contributed by atoms with Crippen molar-refractivity contribution in [2.75, 3.05) is 51.9 Å². The van der Waals surface area contributed by atoms with Gasteiger partial charge in [0.2, 0.25) is 0 Å². The summed E-state index contributed by atoms with van der Waals surface area (Å²) in [6.07, 6.45) is 15.9. The van der Waals surface area contributed by atoms with E-state index in [0.717, 1.165) is 25.1 Å². The van der Waals surface area contributed by atoms with Crippen molar-refractivity contribution in [2.45, 2.75) is 111 Å². The molecule has 9 heteroatoms. The van der Waals surface area contributed by atoms with E-state index in [4.69, 9.17) is 9.47 Å². The van der Waals surface area contributed by atoms with E-state index in [0.29, 0.717) is 49.1 Å². The molecule has 5 fully saturated rings. The van der Waals surface area contributed by atoms with Crippen LogP contribution in [-0.4, -0.2) is 82.7 Å². The summed E-state index contributed by atoms with van der Waals surface area (Å²) in [5.41, 5.74) is 4.46. The van der Waals surface area contributed by atoms with Gasteiger partial charge in [-0.05, 0) is 134 Å². The van der Waals surface area contributed by atoms with Crippen molar-refractivity contribution in [3.8, 4) is 0 Å². The molecule has 1 heterocycles. The number of nitrogens with zero attached hydrogens (tertiary/aromatic N) is 1. The highest BCUT2D eigenvalue weighted by Gasteiger charge is 2.70. The van der Waals surface area contributed by atoms with Crippen molar-refractivity contribution in [3.63, 3.8) is 0 Å². The number of esters is 2. The summed E-state index contributed by atoms with van der Waals surface area (Å²) in [6.45, 7) is 22.9. The summed E-state index contributed by atoms with van der Waals surface area (Å²) < 4.78 is 34.4. The molecule has 7 rings (SSSR count). The second-order valence-electron chi connectivity index (χ2n) is 19.9. The normalized spacial score (nSPS) is 44.3. The Kier molecular flexibility index (Phi) is 10.1. The predicted octanol–water partition coefficient (Wildman–Crippen LogP) is 7.16. The number of sulfone groups is 1. The fraction of sp³-hybridized carbons (Fsp3) is 0.818. The summed E-state index contributed by atoms with van der Waals surface area (Å²) in [5.74, 6) is 1.63. The van der Waals surface area contributed by atoms with Gasteiger partial charge in [0.1, 0.15) is 0 Å². The topological polar surface area (TPSA) is 102 Å². The molecule has 4 saturated carbocycles. The first kappa shape index (κ1) is 39.3. The Labute approximate surface area is 320 Å². The van der Waals surface area contributed by atoms with Gasteiger partial charge in [0.25, 0.3) is 0 Å². The van der Waals surface area contributed by atoms with Gasteiger partial charge in [0.05, 0.1) is 37.6 Å². The molecule has 0 aromatic carbocycles. The van der Waals surface area contributed by atoms with Crippen molar-refractivity contribution >= 4 is 21.8 Å². The van der Waals surface area contributed by atoms with E-state index in [2.05, 4.69) is 64.4 Å². The lowest BCUT2D eigenvalue weighted by molar-refractivity contribution is -0.221. The van der Waals surface area contributed by atoms with Crippen LogP contribution >= 0.6 is 0 Å². The minimum absolute atomic E-state index is 0.0930. The summed E-state index contributed by atoms with van der Waals surface area (Å²) in [5, 5.41) is 4.20. The van der Waals surface area contributed by atoms with E-state index in [9.17, 15) is 18.0 Å². The number of allylic oxidation sites excluding steroid dienone is 4. The maximum atomic E-state index is 12.8. The number of rotatable bonds is 8. The first-order chi connectivity index (χ1) is 24.9. The van der Waals surface area contributed by atoms with Crippen LogP contribution in [0.5, 0.6) is 0 Å². The number of hydrogen-bond acceptors (Lipinski definition) is 8. The van der Waals surface area contributed by atoms with Gasteiger partial charge >= 0.3 is 11.9 Å². The highest BCUT2D eigenvalue weighted by molar-refractivity contribution is 7.91. The molecule has 0 bridgehead atoms. The first-order valence-electron chi connectivity index (χ1n) is 20.8. The third-order valence-corrected chi connectivity index (χ3v) is 19.2. The van der Waals surface area contributed by atoms with Crippen LogP contribution in [0.15, 0.2) is 35.5 Å². The molecule has 11 unspecified atom stereocenters. The molecule has 53 heavy (non-hydrogen) atoms. The molecule has 6 aliphatic carbocycles. The average molecular weight is 753 g/mol. The zero-order chi connectivity index (χ0) is 38.4. The van der Waals surface area contributed by atoms with Crippen molar-refractivity contribution in [2.24, 2.45) is 63.1 Å². The van der Waals surface area contributed by atoms with Crippen molar-refractivity contribution in [3.05, 3.63) is 35.5 Å². The van der Waals surface area contributed by atoms with E-state index in [1.54, 1.807) is 0 Å². The zero-order valence-electron chi connectivity index (χ0n) is 34.0. The molecule has 7 aliphatic rings. The highest BCUT2D eigenvalue weighted by atomic mass is 32.2. The van der Waals surface area contributed by atoms with Gasteiger partial charge < -0.3 is 19.7 Å². The molecular formula is C44H68N2O6S. The van der Waals surface area contributed by atoms with Gasteiger partial charge in [-0.15, -0.1) is 0 Å². The molecule has 1 N–H and O–H groups in total. The summed E-state index contributed by atoms with van der Waals surface area (Å²) >= 11 is 0. The number of nitrogens with one attached hydrogen (secondary N) is 1. The first-order valence-corrected chi connectivity index (χ1v) is 22.6. The smallest absolute Gasteiger partial charge is 0.313 e. The Balaban J connectivity index is 1.14. The number of fused-ring (bicyclic) bond motifs is 7. The molecule has 8 nitrogen and oxygen atoms in total. The average Bonchev–Trinajstić information content (AvgIpc) is 3.71. The lowest BCUT2D eigenvalue weighted by atomic mass is 9.33. The highest BCUT2D eigenvalue weighted by Crippen LogP contribution is 2.76. The Morgan fingerprint density at radius 1 is 0.887 bits per heavy atom. The van der Waals surface area contributed by atoms with Crippen molar-refractivity contribution < 1.29 is 27.5 Å². The molecule has 0 spiro atoms. The standard InChI is InChI=1S/C44H68N2O6S/c1-28(2)30-12-17-44(45-20-21-46-22-24-53(49,50)25-23-46)19-18-42(6)34(37(30)44)10-11-36-41(5)15-13-33(40(3,4)35(41)14-16-43(36,42)7)29-26-31(38(47)51-8)32(27-29)39(48)52-9/h13,26,30-32,34-37,45H,1,10-12,14-25,27H2,2-9H3. The van der Waals surface area contributed by atoms with Crippen LogP contribution in [0.2, 0.25) is 0 Å². The van der Waals surface area contributed by atoms with Gasteiger partial charge in [-0.2, -0.15) is 0 Å². The second-order valence-corrected chi connectivity index (χ2v) is 22.2. The number of carbonyl (C=O) groups excluding carboxylic acids is 2. The summed E-state index contributed by atoms with van der Waals surface area (Å²) in [4.78, 5) is 28.0. The minimum atomic E-state index is -2.87. The Morgan fingerprint density at radius 3 is 2.25 bits per heavy atom. The van der Waals surface area contributed by atoms with Gasteiger partial charge in [0, 0.05) is 31.7 Å². The van der Waals surface area contributed by atoms with E-state index >= 15 is 0 Å². The van der Waals surface area contributed by atoms with Crippen LogP contribution < -0.4 is 5.32 Å². The summed E-state index contributed by atoms with van der Waals surface area (Å²) in [7, 11) is -0.0740. The Morgan fingerprint density at radius 2 is 1.58 bits per heavy atom. The van der Waals surface area contributed by atoms with Crippen molar-refractivity contribution in [1.29, 1.82) is 0 Å². The quantitative estimate of drug-likeness (QED) is 0.206. The third kappa shape index (κ3) is 6.06. The largest absolute Gasteiger partial charge is 0.469 e. The maximum absolute atomic E-state index is 12.8. The lowest BCUT2D eigenvalue weighted by Crippen LogP contribution is -2.68. The SMILES string of the molecule is C=C(C)C1CCC2(NCCN3CCS(=O)(=O)CC3)CCC3(C)C(CCC4C5(C)CC=C(C6=CC(C(=O)OC)C(C(=O)OC)C6)C(C)(C)C5CCC43C)C12. The van der Waals surface area contributed by atoms with E-state index in [-0.39, 0.29) is 50.6 Å². The van der Waals surface area contributed by atoms with Crippen molar-refractivity contribution in [1.82, 2.24) is 10.2 Å². The molecule has 1 aliphatic heterocycles. The number of ether oxygens (including phenoxy) is 2. The fourth-order valence-corrected chi connectivity index (χ4v) is 16.0. The predicted molar refractivity (Wildman–Crippen MR) is 210 cm³/mol. The van der Waals surface area contributed by atoms with Gasteiger partial charge in [-0.3, -0.25) is 9.59 Å². The van der Waals surface area contributed by atoms with Crippen LogP contribution in [0, 0.1) is 63.1 Å². The van der Waals surface area contributed by atoms with Gasteiger partial charge in [-0.25, -0.2) is 8.42 Å². The molecular weight excluding hydrogens is 685 g/mol. The molecule has 0 aromatic heterocycles. The van der Waals surface area contributed by atoms with Crippen LogP contribution in [0.1, 0.15) is 106 Å². The lowest BCUT2D eigenvalue weighted by Gasteiger charge is -2.72. The van der Waals surface area contributed by atoms with Crippen LogP contribution in [0.4, 0.5) is 0 Å². The number of methoxy groups -OCH3 is 2. The molecule has 11 atom stereocenters. The zero-order valence-corrected chi connectivity index (χ0v) is 34.8. The van der Waals surface area contributed by atoms with Crippen LogP contribution in [0.3, 0.4) is 0 Å². The summed E-state index contributed by atoms with van der Waals surface area (Å²) in [6, 6.07) is 0. The maximum Gasteiger partial charge on any atom is 0.313 e.